The van der Waals surface area contributed by atoms with E-state index in [-0.39, 0.29) is 10.8 Å². The van der Waals surface area contributed by atoms with E-state index >= 15 is 0 Å². The van der Waals surface area contributed by atoms with Crippen molar-refractivity contribution in [3.63, 3.8) is 0 Å². The van der Waals surface area contributed by atoms with Gasteiger partial charge in [0, 0.05) is 17.3 Å². The average Bonchev–Trinajstić information content (AvgIpc) is 3.21. The van der Waals surface area contributed by atoms with E-state index in [0.717, 1.165) is 22.4 Å². The molecule has 2 saturated heterocycles. The Kier molecular flexibility index (Phi) is 6.53. The molecule has 2 aliphatic rings. The van der Waals surface area contributed by atoms with Crippen molar-refractivity contribution in [3.05, 3.63) is 112 Å². The smallest absolute Gasteiger partial charge is 0.268 e. The highest BCUT2D eigenvalue weighted by molar-refractivity contribution is 5.30. The highest BCUT2D eigenvalue weighted by Gasteiger charge is 2.67. The lowest BCUT2D eigenvalue weighted by molar-refractivity contribution is -0.544. The molecule has 2 fully saturated rings. The standard InChI is InChI=1S/C27H28N2O6/c1-27-23(20-9-5-3-6-10-20)17-24(33-18-19-13-15-22(32-2)16-14-19)34-29(27)35-25(26(27)28(30)31)21-11-7-4-8-12-21/h3-16,23-26H,17-18H2,1-2H3/t23-,24+,25+,26+,27+/m0/s1. The fourth-order valence-electron chi connectivity index (χ4n) is 5.12. The lowest BCUT2D eigenvalue weighted by Gasteiger charge is -2.45. The van der Waals surface area contributed by atoms with Crippen molar-refractivity contribution in [2.75, 3.05) is 7.11 Å². The minimum absolute atomic E-state index is 0.241. The zero-order valence-electron chi connectivity index (χ0n) is 19.7. The van der Waals surface area contributed by atoms with Gasteiger partial charge in [0.05, 0.1) is 13.7 Å². The number of nitrogens with zero attached hydrogens (tertiary/aromatic N) is 2. The zero-order chi connectivity index (χ0) is 24.4. The Labute approximate surface area is 204 Å². The summed E-state index contributed by atoms with van der Waals surface area (Å²) in [4.78, 5) is 24.5. The van der Waals surface area contributed by atoms with E-state index in [1.807, 2.05) is 91.9 Å². The molecule has 0 spiro atoms. The number of ether oxygens (including phenoxy) is 2. The van der Waals surface area contributed by atoms with Crippen LogP contribution >= 0.6 is 0 Å². The number of methoxy groups -OCH3 is 1. The molecule has 0 unspecified atom stereocenters. The highest BCUT2D eigenvalue weighted by atomic mass is 17.0. The molecule has 182 valence electrons. The fraction of sp³-hybridized carbons (Fsp3) is 0.333. The first-order valence-corrected chi connectivity index (χ1v) is 11.6. The predicted molar refractivity (Wildman–Crippen MR) is 128 cm³/mol. The van der Waals surface area contributed by atoms with Crippen molar-refractivity contribution >= 4 is 0 Å². The molecule has 0 saturated carbocycles. The quantitative estimate of drug-likeness (QED) is 0.349. The number of benzene rings is 3. The Bertz CT molecular complexity index is 1140. The number of fused-ring (bicyclic) bond motifs is 1. The number of hydrogen-bond donors (Lipinski definition) is 0. The molecule has 0 aromatic heterocycles. The third kappa shape index (κ3) is 4.41. The van der Waals surface area contributed by atoms with Gasteiger partial charge in [-0.1, -0.05) is 72.8 Å². The van der Waals surface area contributed by atoms with Gasteiger partial charge in [-0.2, -0.15) is 0 Å². The van der Waals surface area contributed by atoms with Crippen molar-refractivity contribution in [2.45, 2.75) is 49.8 Å². The SMILES string of the molecule is COc1ccc(CO[C@H]2C[C@@H](c3ccccc3)[C@]3(C)[C@H]([N+](=O)[O-])[C@@H](c4ccccc4)ON3O2)cc1. The Hall–Kier alpha value is -3.30. The summed E-state index contributed by atoms with van der Waals surface area (Å²) in [5.74, 6) is 0.508. The normalized spacial score (nSPS) is 28.4. The van der Waals surface area contributed by atoms with E-state index in [0.29, 0.717) is 13.0 Å². The molecule has 0 N–H and O–H groups in total. The van der Waals surface area contributed by atoms with Crippen LogP contribution < -0.4 is 4.74 Å². The summed E-state index contributed by atoms with van der Waals surface area (Å²) in [5, 5.41) is 13.8. The first kappa shape index (κ1) is 23.4. The maximum atomic E-state index is 12.5. The lowest BCUT2D eigenvalue weighted by atomic mass is 9.72. The molecule has 3 aromatic carbocycles. The van der Waals surface area contributed by atoms with E-state index in [9.17, 15) is 10.1 Å². The van der Waals surface area contributed by atoms with Crippen LogP contribution in [0.2, 0.25) is 0 Å². The number of hydroxylamine groups is 2. The molecule has 0 amide bonds. The number of rotatable bonds is 7. The molecule has 35 heavy (non-hydrogen) atoms. The molecule has 5 rings (SSSR count). The van der Waals surface area contributed by atoms with Crippen molar-refractivity contribution in [3.8, 4) is 5.75 Å². The van der Waals surface area contributed by atoms with Gasteiger partial charge in [0.2, 0.25) is 0 Å². The van der Waals surface area contributed by atoms with Crippen LogP contribution in [-0.2, 0) is 21.0 Å². The van der Waals surface area contributed by atoms with Crippen LogP contribution in [0.5, 0.6) is 5.75 Å². The molecular formula is C27H28N2O6. The maximum absolute atomic E-state index is 12.5. The Morgan fingerprint density at radius 1 is 0.971 bits per heavy atom. The minimum Gasteiger partial charge on any atom is -0.497 e. The van der Waals surface area contributed by atoms with Crippen LogP contribution in [0.3, 0.4) is 0 Å². The molecule has 3 aromatic rings. The third-order valence-corrected chi connectivity index (χ3v) is 6.99. The number of nitro groups is 1. The molecule has 8 nitrogen and oxygen atoms in total. The van der Waals surface area contributed by atoms with Crippen LogP contribution in [-0.4, -0.2) is 35.1 Å². The summed E-state index contributed by atoms with van der Waals surface area (Å²) in [6.45, 7) is 2.17. The van der Waals surface area contributed by atoms with Gasteiger partial charge in [-0.3, -0.25) is 15.0 Å². The molecule has 8 heteroatoms. The predicted octanol–water partition coefficient (Wildman–Crippen LogP) is 5.05. The van der Waals surface area contributed by atoms with Gasteiger partial charge in [-0.25, -0.2) is 4.84 Å². The topological polar surface area (TPSA) is 83.3 Å². The summed E-state index contributed by atoms with van der Waals surface area (Å²) in [7, 11) is 1.62. The monoisotopic (exact) mass is 476 g/mol. The van der Waals surface area contributed by atoms with Crippen LogP contribution in [0, 0.1) is 10.1 Å². The molecule has 0 bridgehead atoms. The molecule has 2 heterocycles. The number of hydrogen-bond acceptors (Lipinski definition) is 7. The van der Waals surface area contributed by atoms with Crippen molar-refractivity contribution in [2.24, 2.45) is 0 Å². The van der Waals surface area contributed by atoms with Crippen LogP contribution in [0.25, 0.3) is 0 Å². The lowest BCUT2D eigenvalue weighted by Crippen LogP contribution is -2.59. The van der Waals surface area contributed by atoms with E-state index in [2.05, 4.69) is 0 Å². The average molecular weight is 477 g/mol. The first-order chi connectivity index (χ1) is 17.0. The van der Waals surface area contributed by atoms with Crippen LogP contribution in [0.1, 0.15) is 42.1 Å². The van der Waals surface area contributed by atoms with Gasteiger partial charge in [0.25, 0.3) is 6.04 Å². The second-order valence-electron chi connectivity index (χ2n) is 9.04. The largest absolute Gasteiger partial charge is 0.497 e. The van der Waals surface area contributed by atoms with Crippen molar-refractivity contribution in [1.82, 2.24) is 5.23 Å². The highest BCUT2D eigenvalue weighted by Crippen LogP contribution is 2.53. The molecule has 0 aliphatic carbocycles. The summed E-state index contributed by atoms with van der Waals surface area (Å²) < 4.78 is 11.3. The summed E-state index contributed by atoms with van der Waals surface area (Å²) >= 11 is 0. The van der Waals surface area contributed by atoms with E-state index < -0.39 is 24.0 Å². The molecule has 0 radical (unpaired) electrons. The summed E-state index contributed by atoms with van der Waals surface area (Å²) in [5.41, 5.74) is 1.62. The van der Waals surface area contributed by atoms with Gasteiger partial charge < -0.3 is 9.47 Å². The van der Waals surface area contributed by atoms with Crippen molar-refractivity contribution in [1.29, 1.82) is 0 Å². The maximum Gasteiger partial charge on any atom is 0.268 e. The van der Waals surface area contributed by atoms with Gasteiger partial charge in [0.15, 0.2) is 12.4 Å². The molecule has 2 aliphatic heterocycles. The van der Waals surface area contributed by atoms with E-state index in [4.69, 9.17) is 19.1 Å². The van der Waals surface area contributed by atoms with Gasteiger partial charge in [0.1, 0.15) is 11.3 Å². The minimum atomic E-state index is -1.05. The van der Waals surface area contributed by atoms with Gasteiger partial charge >= 0.3 is 0 Å². The summed E-state index contributed by atoms with van der Waals surface area (Å²) in [6, 6.07) is 25.6. The van der Waals surface area contributed by atoms with Gasteiger partial charge in [-0.05, 0) is 41.0 Å². The second-order valence-corrected chi connectivity index (χ2v) is 9.04. The van der Waals surface area contributed by atoms with E-state index in [1.54, 1.807) is 7.11 Å². The molecular weight excluding hydrogens is 448 g/mol. The Morgan fingerprint density at radius 2 is 1.60 bits per heavy atom. The van der Waals surface area contributed by atoms with Crippen LogP contribution in [0.15, 0.2) is 84.9 Å². The Balaban J connectivity index is 1.46. The Morgan fingerprint density at radius 3 is 2.20 bits per heavy atom. The molecule has 5 atom stereocenters. The van der Waals surface area contributed by atoms with Crippen LogP contribution in [0.4, 0.5) is 0 Å². The zero-order valence-corrected chi connectivity index (χ0v) is 19.7. The second kappa shape index (κ2) is 9.75. The fourth-order valence-corrected chi connectivity index (χ4v) is 5.12. The van der Waals surface area contributed by atoms with Crippen molar-refractivity contribution < 1.29 is 24.1 Å². The summed E-state index contributed by atoms with van der Waals surface area (Å²) in [6.07, 6.45) is -0.984. The van der Waals surface area contributed by atoms with Gasteiger partial charge in [-0.15, -0.1) is 0 Å². The van der Waals surface area contributed by atoms with E-state index in [1.165, 1.54) is 5.23 Å². The first-order valence-electron chi connectivity index (χ1n) is 11.6. The third-order valence-electron chi connectivity index (χ3n) is 6.99.